The van der Waals surface area contributed by atoms with Crippen LogP contribution in [0.15, 0.2) is 24.3 Å². The second-order valence-electron chi connectivity index (χ2n) is 6.06. The number of aliphatic hydroxyl groups is 1. The zero-order chi connectivity index (χ0) is 16.0. The number of halogens is 1. The molecule has 0 saturated carbocycles. The largest absolute Gasteiger partial charge is 0.389 e. The van der Waals surface area contributed by atoms with Gasteiger partial charge < -0.3 is 15.7 Å². The molecule has 0 radical (unpaired) electrons. The smallest absolute Gasteiger partial charge is 0.225 e. The van der Waals surface area contributed by atoms with Crippen molar-refractivity contribution in [2.24, 2.45) is 5.92 Å². The van der Waals surface area contributed by atoms with Crippen molar-refractivity contribution in [2.45, 2.75) is 45.8 Å². The average Bonchev–Trinajstić information content (AvgIpc) is 2.36. The predicted molar refractivity (Wildman–Crippen MR) is 82.6 cm³/mol. The highest BCUT2D eigenvalue weighted by atomic mass is 19.1. The van der Waals surface area contributed by atoms with Crippen molar-refractivity contribution in [1.29, 1.82) is 0 Å². The van der Waals surface area contributed by atoms with Crippen LogP contribution in [0.5, 0.6) is 0 Å². The van der Waals surface area contributed by atoms with Gasteiger partial charge in [0.25, 0.3) is 0 Å². The molecule has 3 N–H and O–H groups in total. The Hall–Kier alpha value is -1.46. The van der Waals surface area contributed by atoms with E-state index in [-0.39, 0.29) is 30.1 Å². The Balaban J connectivity index is 2.41. The van der Waals surface area contributed by atoms with E-state index in [1.807, 2.05) is 20.8 Å². The standard InChI is InChI=1S/C16H25FN2O2/c1-11(2)16(4,21)10-18-12(3)8-15(20)19-14-7-5-6-13(17)9-14/h5-7,9,11-12,18,21H,8,10H2,1-4H3,(H,19,20). The number of rotatable bonds is 7. The Morgan fingerprint density at radius 1 is 1.38 bits per heavy atom. The molecule has 5 heteroatoms. The maximum atomic E-state index is 13.0. The second kappa shape index (κ2) is 7.52. The molecule has 0 spiro atoms. The van der Waals surface area contributed by atoms with Gasteiger partial charge in [0.1, 0.15) is 5.82 Å². The summed E-state index contributed by atoms with van der Waals surface area (Å²) < 4.78 is 13.0. The highest BCUT2D eigenvalue weighted by molar-refractivity contribution is 5.91. The summed E-state index contributed by atoms with van der Waals surface area (Å²) in [6, 6.07) is 5.71. The SMILES string of the molecule is CC(CC(=O)Nc1cccc(F)c1)NCC(C)(O)C(C)C. The molecule has 0 heterocycles. The van der Waals surface area contributed by atoms with E-state index in [4.69, 9.17) is 0 Å². The van der Waals surface area contributed by atoms with Gasteiger partial charge in [-0.1, -0.05) is 19.9 Å². The summed E-state index contributed by atoms with van der Waals surface area (Å²) in [6.45, 7) is 7.96. The number of hydrogen-bond donors (Lipinski definition) is 3. The highest BCUT2D eigenvalue weighted by Gasteiger charge is 2.25. The minimum Gasteiger partial charge on any atom is -0.389 e. The van der Waals surface area contributed by atoms with E-state index < -0.39 is 5.60 Å². The van der Waals surface area contributed by atoms with Gasteiger partial charge in [0, 0.05) is 24.7 Å². The van der Waals surface area contributed by atoms with Gasteiger partial charge in [-0.15, -0.1) is 0 Å². The summed E-state index contributed by atoms with van der Waals surface area (Å²) in [5.74, 6) is -0.449. The molecule has 0 aliphatic heterocycles. The quantitative estimate of drug-likeness (QED) is 0.724. The lowest BCUT2D eigenvalue weighted by atomic mass is 9.92. The van der Waals surface area contributed by atoms with Crippen LogP contribution in [0.25, 0.3) is 0 Å². The Kier molecular flexibility index (Phi) is 6.30. The highest BCUT2D eigenvalue weighted by Crippen LogP contribution is 2.15. The number of benzene rings is 1. The van der Waals surface area contributed by atoms with Crippen molar-refractivity contribution in [1.82, 2.24) is 5.32 Å². The summed E-state index contributed by atoms with van der Waals surface area (Å²) >= 11 is 0. The zero-order valence-corrected chi connectivity index (χ0v) is 13.1. The van der Waals surface area contributed by atoms with Gasteiger partial charge in [0.2, 0.25) is 5.91 Å². The molecule has 0 fully saturated rings. The number of carbonyl (C=O) groups is 1. The molecule has 1 aromatic rings. The number of hydrogen-bond acceptors (Lipinski definition) is 3. The van der Waals surface area contributed by atoms with E-state index in [0.29, 0.717) is 12.2 Å². The Bertz CT molecular complexity index is 475. The number of carbonyl (C=O) groups excluding carboxylic acids is 1. The van der Waals surface area contributed by atoms with Crippen LogP contribution in [0.2, 0.25) is 0 Å². The molecule has 0 aliphatic rings. The summed E-state index contributed by atoms with van der Waals surface area (Å²) in [4.78, 5) is 11.9. The molecule has 0 saturated heterocycles. The van der Waals surface area contributed by atoms with Gasteiger partial charge >= 0.3 is 0 Å². The van der Waals surface area contributed by atoms with Crippen molar-refractivity contribution < 1.29 is 14.3 Å². The maximum Gasteiger partial charge on any atom is 0.225 e. The van der Waals surface area contributed by atoms with Crippen molar-refractivity contribution >= 4 is 11.6 Å². The normalized spacial score (nSPS) is 15.6. The summed E-state index contributed by atoms with van der Waals surface area (Å²) in [5, 5.41) is 15.9. The first-order chi connectivity index (χ1) is 9.70. The van der Waals surface area contributed by atoms with Gasteiger partial charge in [-0.3, -0.25) is 4.79 Å². The van der Waals surface area contributed by atoms with Crippen LogP contribution in [0.3, 0.4) is 0 Å². The van der Waals surface area contributed by atoms with Gasteiger partial charge in [0.05, 0.1) is 5.60 Å². The number of nitrogens with one attached hydrogen (secondary N) is 2. The Labute approximate surface area is 125 Å². The fourth-order valence-electron chi connectivity index (χ4n) is 1.71. The van der Waals surface area contributed by atoms with Gasteiger partial charge in [0.15, 0.2) is 0 Å². The molecule has 1 amide bonds. The molecule has 0 bridgehead atoms. The second-order valence-corrected chi connectivity index (χ2v) is 6.06. The van der Waals surface area contributed by atoms with Crippen molar-refractivity contribution in [3.8, 4) is 0 Å². The molecule has 2 atom stereocenters. The number of amides is 1. The molecule has 2 unspecified atom stereocenters. The van der Waals surface area contributed by atoms with Crippen molar-refractivity contribution in [3.63, 3.8) is 0 Å². The van der Waals surface area contributed by atoms with Crippen LogP contribution in [-0.2, 0) is 4.79 Å². The van der Waals surface area contributed by atoms with E-state index >= 15 is 0 Å². The lowest BCUT2D eigenvalue weighted by Gasteiger charge is -2.29. The van der Waals surface area contributed by atoms with Crippen molar-refractivity contribution in [2.75, 3.05) is 11.9 Å². The number of anilines is 1. The van der Waals surface area contributed by atoms with Crippen LogP contribution in [-0.4, -0.2) is 29.2 Å². The lowest BCUT2D eigenvalue weighted by Crippen LogP contribution is -2.45. The Morgan fingerprint density at radius 2 is 2.05 bits per heavy atom. The first-order valence-electron chi connectivity index (χ1n) is 7.22. The summed E-state index contributed by atoms with van der Waals surface area (Å²) in [5.41, 5.74) is -0.366. The summed E-state index contributed by atoms with van der Waals surface area (Å²) in [7, 11) is 0. The van der Waals surface area contributed by atoms with Crippen LogP contribution >= 0.6 is 0 Å². The molecule has 0 aliphatic carbocycles. The van der Waals surface area contributed by atoms with Gasteiger partial charge in [-0.25, -0.2) is 4.39 Å². The molecular weight excluding hydrogens is 271 g/mol. The van der Waals surface area contributed by atoms with E-state index in [0.717, 1.165) is 0 Å². The van der Waals surface area contributed by atoms with E-state index in [9.17, 15) is 14.3 Å². The minimum atomic E-state index is -0.812. The average molecular weight is 296 g/mol. The molecule has 1 aromatic carbocycles. The topological polar surface area (TPSA) is 61.4 Å². The third-order valence-electron chi connectivity index (χ3n) is 3.65. The maximum absolute atomic E-state index is 13.0. The summed E-state index contributed by atoms with van der Waals surface area (Å²) in [6.07, 6.45) is 0.255. The van der Waals surface area contributed by atoms with Crippen LogP contribution in [0, 0.1) is 11.7 Å². The fraction of sp³-hybridized carbons (Fsp3) is 0.562. The first-order valence-corrected chi connectivity index (χ1v) is 7.22. The molecule has 0 aromatic heterocycles. The Morgan fingerprint density at radius 3 is 2.62 bits per heavy atom. The molecular formula is C16H25FN2O2. The van der Waals surface area contributed by atoms with E-state index in [1.54, 1.807) is 19.1 Å². The van der Waals surface area contributed by atoms with Crippen LogP contribution in [0.1, 0.15) is 34.1 Å². The van der Waals surface area contributed by atoms with Crippen LogP contribution < -0.4 is 10.6 Å². The molecule has 118 valence electrons. The molecule has 1 rings (SSSR count). The van der Waals surface area contributed by atoms with E-state index in [2.05, 4.69) is 10.6 Å². The lowest BCUT2D eigenvalue weighted by molar-refractivity contribution is -0.116. The van der Waals surface area contributed by atoms with E-state index in [1.165, 1.54) is 12.1 Å². The van der Waals surface area contributed by atoms with Gasteiger partial charge in [-0.2, -0.15) is 0 Å². The van der Waals surface area contributed by atoms with Gasteiger partial charge in [-0.05, 0) is 38.0 Å². The zero-order valence-electron chi connectivity index (χ0n) is 13.1. The minimum absolute atomic E-state index is 0.0798. The third kappa shape index (κ3) is 6.23. The van der Waals surface area contributed by atoms with Crippen molar-refractivity contribution in [3.05, 3.63) is 30.1 Å². The first kappa shape index (κ1) is 17.6. The van der Waals surface area contributed by atoms with Crippen LogP contribution in [0.4, 0.5) is 10.1 Å². The predicted octanol–water partition coefficient (Wildman–Crippen LogP) is 2.54. The molecule has 4 nitrogen and oxygen atoms in total. The fourth-order valence-corrected chi connectivity index (χ4v) is 1.71. The monoisotopic (exact) mass is 296 g/mol. The molecule has 21 heavy (non-hydrogen) atoms. The third-order valence-corrected chi connectivity index (χ3v) is 3.65.